The third-order valence-corrected chi connectivity index (χ3v) is 8.66. The summed E-state index contributed by atoms with van der Waals surface area (Å²) in [6, 6.07) is 6.70. The number of primary amides is 1. The van der Waals surface area contributed by atoms with E-state index in [9.17, 15) is 9.59 Å². The lowest BCUT2D eigenvalue weighted by Gasteiger charge is -2.35. The number of carbonyl (C=O) groups is 2. The van der Waals surface area contributed by atoms with Gasteiger partial charge in [0.2, 0.25) is 11.9 Å². The van der Waals surface area contributed by atoms with Crippen LogP contribution in [0.5, 0.6) is 0 Å². The quantitative estimate of drug-likeness (QED) is 0.377. The van der Waals surface area contributed by atoms with Crippen molar-refractivity contribution in [2.75, 3.05) is 48.3 Å². The van der Waals surface area contributed by atoms with Gasteiger partial charge in [0.05, 0.1) is 28.4 Å². The van der Waals surface area contributed by atoms with Crippen molar-refractivity contribution in [3.63, 3.8) is 0 Å². The van der Waals surface area contributed by atoms with E-state index >= 15 is 4.39 Å². The molecule has 2 aromatic heterocycles. The third kappa shape index (κ3) is 4.84. The van der Waals surface area contributed by atoms with Gasteiger partial charge in [-0.05, 0) is 54.8 Å². The molecule has 12 heteroatoms. The molecule has 3 heterocycles. The number of nitrogens with two attached hydrogens (primary N) is 1. The number of rotatable bonds is 7. The summed E-state index contributed by atoms with van der Waals surface area (Å²) in [5.41, 5.74) is 7.49. The predicted molar refractivity (Wildman–Crippen MR) is 149 cm³/mol. The number of thiophene rings is 1. The molecule has 2 amide bonds. The first-order valence-electron chi connectivity index (χ1n) is 13.1. The lowest BCUT2D eigenvalue weighted by Crippen LogP contribution is -2.49. The largest absolute Gasteiger partial charge is 0.450 e. The van der Waals surface area contributed by atoms with Crippen molar-refractivity contribution in [1.29, 1.82) is 0 Å². The van der Waals surface area contributed by atoms with E-state index in [1.165, 1.54) is 17.4 Å². The number of nitrogens with zero attached hydrogens (tertiary/aromatic N) is 4. The lowest BCUT2D eigenvalue weighted by atomic mass is 9.88. The van der Waals surface area contributed by atoms with E-state index in [4.69, 9.17) is 15.5 Å². The Morgan fingerprint density at radius 2 is 1.95 bits per heavy atom. The number of hydrogen-bond donors (Lipinski definition) is 3. The normalized spacial score (nSPS) is 23.8. The molecule has 10 nitrogen and oxygen atoms in total. The van der Waals surface area contributed by atoms with Gasteiger partial charge in [0.25, 0.3) is 0 Å². The number of hydrogen-bond acceptors (Lipinski definition) is 9. The number of benzene rings is 1. The van der Waals surface area contributed by atoms with Crippen molar-refractivity contribution < 1.29 is 18.7 Å². The summed E-state index contributed by atoms with van der Waals surface area (Å²) in [5, 5.41) is 8.57. The molecule has 0 radical (unpaired) electrons. The van der Waals surface area contributed by atoms with E-state index < -0.39 is 0 Å². The van der Waals surface area contributed by atoms with Crippen molar-refractivity contribution in [3.05, 3.63) is 47.6 Å². The molecule has 2 bridgehead atoms. The molecular formula is C27H30FN7O3S. The molecule has 1 saturated heterocycles. The Labute approximate surface area is 229 Å². The molecule has 1 aromatic carbocycles. The minimum absolute atomic E-state index is 0.133. The Kier molecular flexibility index (Phi) is 6.71. The Bertz CT molecular complexity index is 1440. The highest BCUT2D eigenvalue weighted by molar-refractivity contribution is 7.17. The van der Waals surface area contributed by atoms with E-state index in [1.54, 1.807) is 24.0 Å². The second-order valence-corrected chi connectivity index (χ2v) is 11.0. The number of amides is 2. The van der Waals surface area contributed by atoms with Crippen molar-refractivity contribution >= 4 is 56.7 Å². The molecule has 2 fully saturated rings. The highest BCUT2D eigenvalue weighted by atomic mass is 32.1. The summed E-state index contributed by atoms with van der Waals surface area (Å²) >= 11 is 1.52. The van der Waals surface area contributed by atoms with Crippen LogP contribution >= 0.6 is 11.3 Å². The SMILES string of the molecule is CCOC(=O)N1CCN(c2ccc(Nc3nc(N[C@@H]4C5C=CC(C5)[C@H]4C(N)=O)c4sccc4n3)cc2F)CC1. The molecule has 39 heavy (non-hydrogen) atoms. The molecular weight excluding hydrogens is 521 g/mol. The lowest BCUT2D eigenvalue weighted by molar-refractivity contribution is -0.122. The summed E-state index contributed by atoms with van der Waals surface area (Å²) in [5.74, 6) is 0.351. The van der Waals surface area contributed by atoms with Crippen molar-refractivity contribution in [2.45, 2.75) is 19.4 Å². The van der Waals surface area contributed by atoms with Crippen LogP contribution in [-0.2, 0) is 9.53 Å². The maximum atomic E-state index is 15.2. The van der Waals surface area contributed by atoms with Crippen LogP contribution in [-0.4, -0.2) is 65.7 Å². The number of carbonyl (C=O) groups excluding carboxylic acids is 2. The molecule has 3 aromatic rings. The first-order chi connectivity index (χ1) is 18.9. The molecule has 3 aliphatic rings. The molecule has 4 N–H and O–H groups in total. The van der Waals surface area contributed by atoms with Crippen molar-refractivity contribution in [3.8, 4) is 0 Å². The molecule has 2 unspecified atom stereocenters. The first-order valence-corrected chi connectivity index (χ1v) is 14.0. The maximum absolute atomic E-state index is 15.2. The van der Waals surface area contributed by atoms with Crippen LogP contribution in [0.1, 0.15) is 13.3 Å². The predicted octanol–water partition coefficient (Wildman–Crippen LogP) is 3.94. The molecule has 2 aliphatic carbocycles. The number of aromatic nitrogens is 2. The summed E-state index contributed by atoms with van der Waals surface area (Å²) in [4.78, 5) is 37.0. The van der Waals surface area contributed by atoms with Gasteiger partial charge in [-0.2, -0.15) is 4.98 Å². The molecule has 4 atom stereocenters. The Hall–Kier alpha value is -3.93. The fourth-order valence-corrected chi connectivity index (χ4v) is 6.68. The average molecular weight is 552 g/mol. The number of anilines is 4. The second-order valence-electron chi connectivity index (χ2n) is 10.0. The molecule has 1 saturated carbocycles. The number of fused-ring (bicyclic) bond motifs is 3. The summed E-state index contributed by atoms with van der Waals surface area (Å²) in [6.07, 6.45) is 4.80. The zero-order valence-electron chi connectivity index (χ0n) is 21.5. The monoisotopic (exact) mass is 551 g/mol. The van der Waals surface area contributed by atoms with Gasteiger partial charge in [0.1, 0.15) is 11.6 Å². The number of ether oxygens (including phenoxy) is 1. The minimum atomic E-state index is -0.377. The van der Waals surface area contributed by atoms with Gasteiger partial charge in [0.15, 0.2) is 0 Å². The highest BCUT2D eigenvalue weighted by Crippen LogP contribution is 2.45. The molecule has 0 spiro atoms. The van der Waals surface area contributed by atoms with Crippen LogP contribution in [0.4, 0.5) is 32.3 Å². The second kappa shape index (κ2) is 10.3. The van der Waals surface area contributed by atoms with Crippen LogP contribution in [0.3, 0.4) is 0 Å². The van der Waals surface area contributed by atoms with Gasteiger partial charge in [-0.25, -0.2) is 14.2 Å². The van der Waals surface area contributed by atoms with Crippen LogP contribution in [0, 0.1) is 23.6 Å². The van der Waals surface area contributed by atoms with Crippen LogP contribution in [0.25, 0.3) is 10.2 Å². The van der Waals surface area contributed by atoms with Crippen molar-refractivity contribution in [2.24, 2.45) is 23.5 Å². The Morgan fingerprint density at radius 3 is 2.69 bits per heavy atom. The summed E-state index contributed by atoms with van der Waals surface area (Å²) in [7, 11) is 0. The van der Waals surface area contributed by atoms with Crippen LogP contribution in [0.2, 0.25) is 0 Å². The Morgan fingerprint density at radius 1 is 1.15 bits per heavy atom. The molecule has 1 aliphatic heterocycles. The van der Waals surface area contributed by atoms with Gasteiger partial charge in [-0.15, -0.1) is 11.3 Å². The average Bonchev–Trinajstić information content (AvgIpc) is 3.66. The minimum Gasteiger partial charge on any atom is -0.450 e. The zero-order valence-corrected chi connectivity index (χ0v) is 22.3. The molecule has 6 rings (SSSR count). The van der Waals surface area contributed by atoms with Gasteiger partial charge in [0, 0.05) is 37.9 Å². The van der Waals surface area contributed by atoms with Gasteiger partial charge in [-0.3, -0.25) is 4.79 Å². The standard InChI is InChI=1S/C27H30FN7O3S/c1-2-38-27(37)35-10-8-34(9-11-35)20-6-5-17(14-18(20)28)30-26-31-19-7-12-39-23(19)25(33-26)32-22-16-4-3-15(13-16)21(22)24(29)36/h3-7,12,14-16,21-22H,2,8-11,13H2,1H3,(H2,29,36)(H2,30,31,32,33)/t15?,16?,21-,22-/m1/s1. The highest BCUT2D eigenvalue weighted by Gasteiger charge is 2.47. The first kappa shape index (κ1) is 25.4. The maximum Gasteiger partial charge on any atom is 0.409 e. The fourth-order valence-electron chi connectivity index (χ4n) is 5.90. The number of nitrogens with one attached hydrogen (secondary N) is 2. The smallest absolute Gasteiger partial charge is 0.409 e. The van der Waals surface area contributed by atoms with Crippen LogP contribution in [0.15, 0.2) is 41.8 Å². The number of piperazine rings is 1. The van der Waals surface area contributed by atoms with Gasteiger partial charge >= 0.3 is 6.09 Å². The van der Waals surface area contributed by atoms with E-state index in [1.807, 2.05) is 16.3 Å². The van der Waals surface area contributed by atoms with E-state index in [0.717, 1.165) is 16.6 Å². The summed E-state index contributed by atoms with van der Waals surface area (Å²) in [6.45, 7) is 4.07. The van der Waals surface area contributed by atoms with E-state index in [-0.39, 0.29) is 41.6 Å². The summed E-state index contributed by atoms with van der Waals surface area (Å²) < 4.78 is 21.1. The van der Waals surface area contributed by atoms with E-state index in [0.29, 0.717) is 55.9 Å². The topological polar surface area (TPSA) is 126 Å². The van der Waals surface area contributed by atoms with E-state index in [2.05, 4.69) is 27.8 Å². The van der Waals surface area contributed by atoms with Gasteiger partial charge < -0.3 is 30.9 Å². The number of allylic oxidation sites excluding steroid dienone is 1. The van der Waals surface area contributed by atoms with Crippen LogP contribution < -0.4 is 21.3 Å². The molecule has 204 valence electrons. The van der Waals surface area contributed by atoms with Crippen molar-refractivity contribution in [1.82, 2.24) is 14.9 Å². The Balaban J connectivity index is 1.18. The van der Waals surface area contributed by atoms with Gasteiger partial charge in [-0.1, -0.05) is 12.2 Å². The fraction of sp³-hybridized carbons (Fsp3) is 0.407. The third-order valence-electron chi connectivity index (χ3n) is 7.74. The zero-order chi connectivity index (χ0) is 27.1. The number of halogens is 1.